The van der Waals surface area contributed by atoms with Crippen molar-refractivity contribution in [2.24, 2.45) is 0 Å². The number of hydrogen-bond donors (Lipinski definition) is 3. The van der Waals surface area contributed by atoms with Crippen LogP contribution in [0.2, 0.25) is 0 Å². The van der Waals surface area contributed by atoms with Crippen LogP contribution < -0.4 is 10.6 Å². The van der Waals surface area contributed by atoms with Crippen LogP contribution in [-0.2, 0) is 6.54 Å². The van der Waals surface area contributed by atoms with E-state index < -0.39 is 0 Å². The molecule has 3 N–H and O–H groups in total. The van der Waals surface area contributed by atoms with E-state index in [-0.39, 0.29) is 0 Å². The van der Waals surface area contributed by atoms with Crippen molar-refractivity contribution in [3.05, 3.63) is 88.4 Å². The molecule has 2 heterocycles. The molecule has 178 valence electrons. The average molecular weight is 465 g/mol. The third-order valence-electron chi connectivity index (χ3n) is 6.19. The molecule has 4 aromatic rings. The molecule has 0 amide bonds. The Balaban J connectivity index is 1.57. The van der Waals surface area contributed by atoms with E-state index in [2.05, 4.69) is 95.1 Å². The van der Waals surface area contributed by atoms with E-state index in [1.54, 1.807) is 6.20 Å². The Kier molecular flexibility index (Phi) is 7.61. The van der Waals surface area contributed by atoms with Crippen molar-refractivity contribution >= 4 is 34.4 Å². The van der Waals surface area contributed by atoms with Gasteiger partial charge in [-0.25, -0.2) is 0 Å². The Bertz CT molecular complexity index is 1370. The zero-order chi connectivity index (χ0) is 24.8. The van der Waals surface area contributed by atoms with Crippen LogP contribution in [0, 0.1) is 25.2 Å². The summed E-state index contributed by atoms with van der Waals surface area (Å²) in [5.74, 6) is 0. The monoisotopic (exact) mass is 464 g/mol. The Morgan fingerprint density at radius 2 is 1.86 bits per heavy atom. The number of H-pyrrole nitrogens is 1. The standard InChI is InChI=1S/C29H32N6/c1-20-25-13-14-32-28(25)12-11-27(20)34-29-24(17-30)19-33-21(2)26(29)10-9-22-5-7-23(8-6-22)18-31-15-16-35(3)4/h5-14,19,31-32H,15-16,18H2,1-4H3,(H,33,34)/b10-9+. The third-order valence-corrected chi connectivity index (χ3v) is 6.19. The van der Waals surface area contributed by atoms with Crippen molar-refractivity contribution in [1.29, 1.82) is 5.26 Å². The average Bonchev–Trinajstić information content (AvgIpc) is 3.34. The number of rotatable bonds is 9. The summed E-state index contributed by atoms with van der Waals surface area (Å²) in [4.78, 5) is 9.88. The van der Waals surface area contributed by atoms with Gasteiger partial charge < -0.3 is 20.5 Å². The first-order valence-electron chi connectivity index (χ1n) is 11.8. The molecule has 0 bridgehead atoms. The summed E-state index contributed by atoms with van der Waals surface area (Å²) in [5.41, 5.74) is 8.61. The number of benzene rings is 2. The van der Waals surface area contributed by atoms with Gasteiger partial charge in [-0.3, -0.25) is 4.98 Å². The van der Waals surface area contributed by atoms with Gasteiger partial charge in [0, 0.05) is 59.9 Å². The summed E-state index contributed by atoms with van der Waals surface area (Å²) in [7, 11) is 4.16. The van der Waals surface area contributed by atoms with E-state index in [0.29, 0.717) is 5.56 Å². The molecule has 0 saturated carbocycles. The molecule has 0 aliphatic heterocycles. The molecule has 6 heteroatoms. The highest BCUT2D eigenvalue weighted by molar-refractivity contribution is 5.90. The summed E-state index contributed by atoms with van der Waals surface area (Å²) in [6, 6.07) is 17.0. The van der Waals surface area contributed by atoms with Gasteiger partial charge >= 0.3 is 0 Å². The van der Waals surface area contributed by atoms with E-state index in [0.717, 1.165) is 64.3 Å². The molecular weight excluding hydrogens is 432 g/mol. The van der Waals surface area contributed by atoms with Gasteiger partial charge in [-0.05, 0) is 62.8 Å². The maximum atomic E-state index is 9.79. The number of nitriles is 1. The van der Waals surface area contributed by atoms with Gasteiger partial charge in [-0.15, -0.1) is 0 Å². The molecule has 0 aliphatic carbocycles. The van der Waals surface area contributed by atoms with Crippen LogP contribution in [0.5, 0.6) is 0 Å². The molecule has 2 aromatic carbocycles. The summed E-state index contributed by atoms with van der Waals surface area (Å²) in [6.07, 6.45) is 7.69. The van der Waals surface area contributed by atoms with E-state index in [1.165, 1.54) is 5.56 Å². The second-order valence-electron chi connectivity index (χ2n) is 9.01. The van der Waals surface area contributed by atoms with Crippen molar-refractivity contribution < 1.29 is 0 Å². The normalized spacial score (nSPS) is 11.4. The fourth-order valence-electron chi connectivity index (χ4n) is 4.06. The summed E-state index contributed by atoms with van der Waals surface area (Å²) in [5, 5.41) is 17.9. The number of nitrogens with zero attached hydrogens (tertiary/aromatic N) is 3. The van der Waals surface area contributed by atoms with Crippen molar-refractivity contribution in [2.45, 2.75) is 20.4 Å². The smallest absolute Gasteiger partial charge is 0.103 e. The lowest BCUT2D eigenvalue weighted by molar-refractivity contribution is 0.400. The second-order valence-corrected chi connectivity index (χ2v) is 9.01. The SMILES string of the molecule is Cc1ncc(C#N)c(Nc2ccc3[nH]ccc3c2C)c1/C=C/c1ccc(CNCCN(C)C)cc1. The van der Waals surface area contributed by atoms with E-state index in [9.17, 15) is 5.26 Å². The van der Waals surface area contributed by atoms with Crippen molar-refractivity contribution in [3.8, 4) is 6.07 Å². The molecule has 0 radical (unpaired) electrons. The van der Waals surface area contributed by atoms with Gasteiger partial charge in [0.1, 0.15) is 6.07 Å². The van der Waals surface area contributed by atoms with Gasteiger partial charge in [0.05, 0.1) is 11.3 Å². The summed E-state index contributed by atoms with van der Waals surface area (Å²) >= 11 is 0. The van der Waals surface area contributed by atoms with Gasteiger partial charge in [0.25, 0.3) is 0 Å². The van der Waals surface area contributed by atoms with Crippen LogP contribution in [-0.4, -0.2) is 42.1 Å². The first-order valence-corrected chi connectivity index (χ1v) is 11.8. The van der Waals surface area contributed by atoms with Gasteiger partial charge in [0.2, 0.25) is 0 Å². The predicted octanol–water partition coefficient (Wildman–Crippen LogP) is 5.62. The maximum Gasteiger partial charge on any atom is 0.103 e. The molecule has 2 aromatic heterocycles. The van der Waals surface area contributed by atoms with Crippen molar-refractivity contribution in [1.82, 2.24) is 20.2 Å². The Morgan fingerprint density at radius 3 is 2.60 bits per heavy atom. The van der Waals surface area contributed by atoms with Gasteiger partial charge in [-0.2, -0.15) is 5.26 Å². The number of hydrogen-bond acceptors (Lipinski definition) is 5. The minimum atomic E-state index is 0.517. The lowest BCUT2D eigenvalue weighted by Gasteiger charge is -2.16. The Hall–Kier alpha value is -3.92. The van der Waals surface area contributed by atoms with E-state index in [4.69, 9.17) is 0 Å². The maximum absolute atomic E-state index is 9.79. The largest absolute Gasteiger partial charge is 0.361 e. The molecule has 0 unspecified atom stereocenters. The predicted molar refractivity (Wildman–Crippen MR) is 146 cm³/mol. The van der Waals surface area contributed by atoms with Crippen LogP contribution >= 0.6 is 0 Å². The highest BCUT2D eigenvalue weighted by atomic mass is 15.1. The third kappa shape index (κ3) is 5.78. The van der Waals surface area contributed by atoms with Gasteiger partial charge in [0.15, 0.2) is 0 Å². The Labute approximate surface area is 207 Å². The van der Waals surface area contributed by atoms with Crippen LogP contribution in [0.15, 0.2) is 54.9 Å². The van der Waals surface area contributed by atoms with Gasteiger partial charge in [-0.1, -0.05) is 36.4 Å². The number of fused-ring (bicyclic) bond motifs is 1. The van der Waals surface area contributed by atoms with Crippen LogP contribution in [0.1, 0.15) is 33.5 Å². The minimum Gasteiger partial charge on any atom is -0.361 e. The number of anilines is 2. The van der Waals surface area contributed by atoms with E-state index in [1.807, 2.05) is 25.3 Å². The number of aromatic amines is 1. The molecule has 0 fully saturated rings. The van der Waals surface area contributed by atoms with Crippen LogP contribution in [0.3, 0.4) is 0 Å². The van der Waals surface area contributed by atoms with E-state index >= 15 is 0 Å². The summed E-state index contributed by atoms with van der Waals surface area (Å²) < 4.78 is 0. The first kappa shape index (κ1) is 24.2. The Morgan fingerprint density at radius 1 is 1.06 bits per heavy atom. The number of pyridine rings is 1. The second kappa shape index (κ2) is 11.0. The lowest BCUT2D eigenvalue weighted by Crippen LogP contribution is -2.26. The van der Waals surface area contributed by atoms with Crippen LogP contribution in [0.25, 0.3) is 23.1 Å². The molecule has 0 spiro atoms. The molecule has 35 heavy (non-hydrogen) atoms. The highest BCUT2D eigenvalue weighted by Crippen LogP contribution is 2.32. The topological polar surface area (TPSA) is 79.8 Å². The fraction of sp³-hybridized carbons (Fsp3) is 0.241. The molecule has 4 rings (SSSR count). The zero-order valence-electron chi connectivity index (χ0n) is 20.8. The van der Waals surface area contributed by atoms with Crippen molar-refractivity contribution in [3.63, 3.8) is 0 Å². The molecular formula is C29H32N6. The number of nitrogens with one attached hydrogen (secondary N) is 3. The lowest BCUT2D eigenvalue weighted by atomic mass is 10.0. The molecule has 0 saturated heterocycles. The quantitative estimate of drug-likeness (QED) is 0.280. The number of aromatic nitrogens is 2. The minimum absolute atomic E-state index is 0.517. The first-order chi connectivity index (χ1) is 17.0. The molecule has 0 atom stereocenters. The molecule has 0 aliphatic rings. The number of aryl methyl sites for hydroxylation is 2. The molecule has 6 nitrogen and oxygen atoms in total. The van der Waals surface area contributed by atoms with Crippen LogP contribution in [0.4, 0.5) is 11.4 Å². The fourth-order valence-corrected chi connectivity index (χ4v) is 4.06. The zero-order valence-corrected chi connectivity index (χ0v) is 20.8. The number of likely N-dealkylation sites (N-methyl/N-ethyl adjacent to an activating group) is 1. The summed E-state index contributed by atoms with van der Waals surface area (Å²) in [6.45, 7) is 6.89. The highest BCUT2D eigenvalue weighted by Gasteiger charge is 2.13. The van der Waals surface area contributed by atoms with Crippen molar-refractivity contribution in [2.75, 3.05) is 32.5 Å².